The van der Waals surface area contributed by atoms with E-state index in [4.69, 9.17) is 16.2 Å². The number of aromatic nitrogens is 1. The number of aromatic amines is 1. The van der Waals surface area contributed by atoms with Gasteiger partial charge in [0.15, 0.2) is 5.96 Å². The topological polar surface area (TPSA) is 276 Å². The first-order valence-corrected chi connectivity index (χ1v) is 23.9. The lowest BCUT2D eigenvalue weighted by molar-refractivity contribution is -0.148. The Balaban J connectivity index is 1.36. The van der Waals surface area contributed by atoms with Crippen molar-refractivity contribution in [2.75, 3.05) is 26.2 Å². The molecular weight excluding hydrogens is 871 g/mol. The molecule has 2 fully saturated rings. The molecule has 2 aromatic carbocycles. The van der Waals surface area contributed by atoms with Crippen LogP contribution in [0.5, 0.6) is 0 Å². The molecule has 0 radical (unpaired) electrons. The van der Waals surface area contributed by atoms with Gasteiger partial charge < -0.3 is 57.6 Å². The van der Waals surface area contributed by atoms with E-state index in [1.807, 2.05) is 54.6 Å². The first kappa shape index (κ1) is 52.3. The van der Waals surface area contributed by atoms with Gasteiger partial charge in [0.2, 0.25) is 35.4 Å². The Kier molecular flexibility index (Phi) is 19.2. The largest absolute Gasteiger partial charge is 0.444 e. The fourth-order valence-corrected chi connectivity index (χ4v) is 8.64. The molecule has 2 aliphatic heterocycles. The van der Waals surface area contributed by atoms with Crippen molar-refractivity contribution in [1.29, 1.82) is 0 Å². The number of carbonyl (C=O) groups excluding carboxylic acids is 7. The third-order valence-corrected chi connectivity index (χ3v) is 12.1. The molecule has 1 aromatic heterocycles. The maximum atomic E-state index is 14.8. The van der Waals surface area contributed by atoms with Gasteiger partial charge in [0.1, 0.15) is 41.9 Å². The average molecular weight is 942 g/mol. The van der Waals surface area contributed by atoms with E-state index in [0.717, 1.165) is 35.7 Å². The Bertz CT molecular complexity index is 2240. The van der Waals surface area contributed by atoms with Gasteiger partial charge in [-0.25, -0.2) is 4.79 Å². The standard InChI is InChI=1S/C49H71N11O8/c1-6-7-13-24-52-44(64)39-22-15-26-59(39)46(66)40-23-16-27-60(40)45(65)38(28-32-17-9-8-10-18-32)57-43(63)37(29-33-30-54-35-20-12-11-19-34(33)35)56-41(61)31(2)55-42(62)36(21-14-25-53-47(50)51)58-48(67)68-49(3,4)5/h8-12,17-20,30-31,36-40,54H,6-7,13-16,21-29H2,1-5H3,(H,52,64)(H,55,62)(H,56,61)(H,57,63)(H,58,67)(H4,50,51,53)/t31-,36-,37+,38-,39-,40+/m0/s1. The average Bonchev–Trinajstić information content (AvgIpc) is 4.09. The number of ether oxygens (including phenoxy) is 1. The quantitative estimate of drug-likeness (QED) is 0.0415. The van der Waals surface area contributed by atoms with Crippen LogP contribution in [0.3, 0.4) is 0 Å². The molecule has 0 unspecified atom stereocenters. The number of carbonyl (C=O) groups is 7. The minimum Gasteiger partial charge on any atom is -0.444 e. The highest BCUT2D eigenvalue weighted by atomic mass is 16.6. The van der Waals surface area contributed by atoms with Gasteiger partial charge >= 0.3 is 6.09 Å². The number of aliphatic imine (C=N–C) groups is 1. The molecule has 68 heavy (non-hydrogen) atoms. The van der Waals surface area contributed by atoms with Gasteiger partial charge in [-0.2, -0.15) is 0 Å². The number of alkyl carbamates (subject to hydrolysis) is 1. The first-order valence-electron chi connectivity index (χ1n) is 23.9. The summed E-state index contributed by atoms with van der Waals surface area (Å²) in [6, 6.07) is 10.5. The molecule has 19 heteroatoms. The third-order valence-electron chi connectivity index (χ3n) is 12.1. The summed E-state index contributed by atoms with van der Waals surface area (Å²) >= 11 is 0. The molecule has 0 bridgehead atoms. The summed E-state index contributed by atoms with van der Waals surface area (Å²) in [5.74, 6) is -3.12. The van der Waals surface area contributed by atoms with E-state index >= 15 is 0 Å². The Morgan fingerprint density at radius 1 is 0.779 bits per heavy atom. The summed E-state index contributed by atoms with van der Waals surface area (Å²) < 4.78 is 5.38. The van der Waals surface area contributed by atoms with E-state index in [-0.39, 0.29) is 50.1 Å². The fourth-order valence-electron chi connectivity index (χ4n) is 8.64. The lowest BCUT2D eigenvalue weighted by atomic mass is 10.0. The fraction of sp³-hybridized carbons (Fsp3) is 0.551. The lowest BCUT2D eigenvalue weighted by Gasteiger charge is -2.33. The number of hydrogen-bond acceptors (Lipinski definition) is 9. The maximum absolute atomic E-state index is 14.8. The summed E-state index contributed by atoms with van der Waals surface area (Å²) in [6.45, 7) is 9.99. The summed E-state index contributed by atoms with van der Waals surface area (Å²) in [7, 11) is 0. The predicted molar refractivity (Wildman–Crippen MR) is 259 cm³/mol. The van der Waals surface area contributed by atoms with Gasteiger partial charge in [-0.1, -0.05) is 68.3 Å². The maximum Gasteiger partial charge on any atom is 0.408 e. The number of nitrogens with zero attached hydrogens (tertiary/aromatic N) is 3. The van der Waals surface area contributed by atoms with E-state index in [1.54, 1.807) is 31.9 Å². The van der Waals surface area contributed by atoms with Crippen LogP contribution in [0.4, 0.5) is 4.79 Å². The molecular formula is C49H71N11O8. The molecule has 3 aromatic rings. The summed E-state index contributed by atoms with van der Waals surface area (Å²) in [4.78, 5) is 108. The van der Waals surface area contributed by atoms with E-state index in [0.29, 0.717) is 50.8 Å². The molecule has 0 saturated carbocycles. The molecule has 370 valence electrons. The second-order valence-electron chi connectivity index (χ2n) is 18.6. The zero-order valence-electron chi connectivity index (χ0n) is 40.1. The highest BCUT2D eigenvalue weighted by Gasteiger charge is 2.44. The van der Waals surface area contributed by atoms with E-state index in [2.05, 4.69) is 43.5 Å². The van der Waals surface area contributed by atoms with Crippen molar-refractivity contribution in [3.63, 3.8) is 0 Å². The SMILES string of the molecule is CCCCCNC(=O)[C@@H]1CCCN1C(=O)[C@H]1CCCN1C(=O)[C@H](Cc1ccccc1)NC(=O)[C@@H](Cc1c[nH]c2ccccc12)NC(=O)[C@H](C)NC(=O)[C@H](CCCN=C(N)N)NC(=O)OC(C)(C)C. The van der Waals surface area contributed by atoms with Crippen molar-refractivity contribution in [2.24, 2.45) is 16.5 Å². The number of benzene rings is 2. The number of para-hydroxylation sites is 1. The molecule has 10 N–H and O–H groups in total. The highest BCUT2D eigenvalue weighted by Crippen LogP contribution is 2.27. The van der Waals surface area contributed by atoms with Crippen LogP contribution in [0.15, 0.2) is 65.8 Å². The van der Waals surface area contributed by atoms with Gasteiger partial charge in [0, 0.05) is 56.1 Å². The van der Waals surface area contributed by atoms with Crippen molar-refractivity contribution >= 4 is 58.4 Å². The number of fused-ring (bicyclic) bond motifs is 1. The highest BCUT2D eigenvalue weighted by molar-refractivity contribution is 5.98. The van der Waals surface area contributed by atoms with Crippen LogP contribution in [0.25, 0.3) is 10.9 Å². The summed E-state index contributed by atoms with van der Waals surface area (Å²) in [5, 5.41) is 14.8. The van der Waals surface area contributed by atoms with Crippen LogP contribution < -0.4 is 38.1 Å². The molecule has 6 atom stereocenters. The molecule has 5 rings (SSSR count). The molecule has 0 spiro atoms. The van der Waals surface area contributed by atoms with Crippen molar-refractivity contribution in [1.82, 2.24) is 41.4 Å². The Hall–Kier alpha value is -6.66. The minimum atomic E-state index is -1.25. The molecule has 19 nitrogen and oxygen atoms in total. The van der Waals surface area contributed by atoms with Gasteiger partial charge in [0.05, 0.1) is 0 Å². The van der Waals surface area contributed by atoms with Gasteiger partial charge in [-0.15, -0.1) is 0 Å². The summed E-state index contributed by atoms with van der Waals surface area (Å²) in [5.41, 5.74) is 12.4. The lowest BCUT2D eigenvalue weighted by Crippen LogP contribution is -2.60. The van der Waals surface area contributed by atoms with E-state index in [9.17, 15) is 33.6 Å². The number of nitrogens with one attached hydrogen (secondary N) is 6. The Labute approximate surface area is 398 Å². The first-order chi connectivity index (χ1) is 32.4. The molecule has 2 saturated heterocycles. The van der Waals surface area contributed by atoms with Gasteiger partial charge in [-0.05, 0) is 89.8 Å². The number of H-pyrrole nitrogens is 1. The number of rotatable bonds is 22. The van der Waals surface area contributed by atoms with Crippen LogP contribution >= 0.6 is 0 Å². The number of amides is 7. The van der Waals surface area contributed by atoms with Crippen LogP contribution in [-0.2, 0) is 46.3 Å². The zero-order chi connectivity index (χ0) is 49.4. The van der Waals surface area contributed by atoms with Crippen LogP contribution in [0, 0.1) is 0 Å². The predicted octanol–water partition coefficient (Wildman–Crippen LogP) is 2.66. The van der Waals surface area contributed by atoms with Crippen molar-refractivity contribution in [3.05, 3.63) is 71.9 Å². The van der Waals surface area contributed by atoms with Crippen molar-refractivity contribution < 1.29 is 38.3 Å². The number of likely N-dealkylation sites (tertiary alicyclic amines) is 2. The monoisotopic (exact) mass is 942 g/mol. The Morgan fingerprint density at radius 2 is 1.44 bits per heavy atom. The van der Waals surface area contributed by atoms with Crippen molar-refractivity contribution in [2.45, 2.75) is 147 Å². The minimum absolute atomic E-state index is 0.00377. The van der Waals surface area contributed by atoms with Crippen LogP contribution in [-0.4, -0.2) is 130 Å². The van der Waals surface area contributed by atoms with E-state index < -0.39 is 71.6 Å². The van der Waals surface area contributed by atoms with Crippen LogP contribution in [0.1, 0.15) is 104 Å². The van der Waals surface area contributed by atoms with E-state index in [1.165, 1.54) is 11.8 Å². The molecule has 0 aliphatic carbocycles. The third kappa shape index (κ3) is 15.2. The number of guanidine groups is 1. The number of hydrogen-bond donors (Lipinski definition) is 8. The van der Waals surface area contributed by atoms with Gasteiger partial charge in [-0.3, -0.25) is 33.8 Å². The Morgan fingerprint density at radius 3 is 2.15 bits per heavy atom. The normalized spacial score (nSPS) is 17.6. The van der Waals surface area contributed by atoms with Crippen LogP contribution in [0.2, 0.25) is 0 Å². The smallest absolute Gasteiger partial charge is 0.408 e. The zero-order valence-corrected chi connectivity index (χ0v) is 40.1. The molecule has 2 aliphatic rings. The molecule has 7 amide bonds. The van der Waals surface area contributed by atoms with Gasteiger partial charge in [0.25, 0.3) is 0 Å². The molecule has 3 heterocycles. The number of unbranched alkanes of at least 4 members (excludes halogenated alkanes) is 2. The number of nitrogens with two attached hydrogens (primary N) is 2. The second-order valence-corrected chi connectivity index (χ2v) is 18.6. The van der Waals surface area contributed by atoms with Crippen molar-refractivity contribution in [3.8, 4) is 0 Å². The summed E-state index contributed by atoms with van der Waals surface area (Å²) in [6.07, 6.45) is 6.45. The second kappa shape index (κ2) is 24.9.